The van der Waals surface area contributed by atoms with E-state index in [4.69, 9.17) is 9.47 Å². The summed E-state index contributed by atoms with van der Waals surface area (Å²) in [6.45, 7) is 0.880. The molecule has 0 aliphatic carbocycles. The van der Waals surface area contributed by atoms with Crippen LogP contribution in [0.15, 0.2) is 36.4 Å². The Kier molecular flexibility index (Phi) is 6.46. The Labute approximate surface area is 149 Å². The predicted octanol–water partition coefficient (Wildman–Crippen LogP) is 5.02. The maximum atomic E-state index is 13.1. The number of ether oxygens (including phenoxy) is 2. The van der Waals surface area contributed by atoms with Crippen LogP contribution in [0.5, 0.6) is 11.5 Å². The van der Waals surface area contributed by atoms with Crippen LogP contribution in [0, 0.1) is 18.8 Å². The van der Waals surface area contributed by atoms with Crippen LogP contribution in [0.25, 0.3) is 0 Å². The lowest BCUT2D eigenvalue weighted by Crippen LogP contribution is -2.06. The largest absolute Gasteiger partial charge is 0.492 e. The van der Waals surface area contributed by atoms with Gasteiger partial charge < -0.3 is 9.47 Å². The first kappa shape index (κ1) is 16.7. The summed E-state index contributed by atoms with van der Waals surface area (Å²) in [4.78, 5) is 0. The number of rotatable bonds is 6. The van der Waals surface area contributed by atoms with Gasteiger partial charge >= 0.3 is 0 Å². The van der Waals surface area contributed by atoms with E-state index in [0.29, 0.717) is 31.1 Å². The molecule has 2 rings (SSSR count). The van der Waals surface area contributed by atoms with Gasteiger partial charge in [-0.25, -0.2) is 8.78 Å². The van der Waals surface area contributed by atoms with E-state index in [1.807, 2.05) is 22.6 Å². The zero-order valence-corrected chi connectivity index (χ0v) is 15.2. The van der Waals surface area contributed by atoms with E-state index in [1.54, 1.807) is 12.1 Å². The lowest BCUT2D eigenvalue weighted by Gasteiger charge is -2.10. The molecular formula is C15H12F2I2O2. The molecule has 0 unspecified atom stereocenters. The molecule has 0 saturated heterocycles. The van der Waals surface area contributed by atoms with Gasteiger partial charge in [0.1, 0.15) is 23.1 Å². The molecule has 2 nitrogen and oxygen atoms in total. The molecule has 0 spiro atoms. The molecule has 0 aliphatic heterocycles. The van der Waals surface area contributed by atoms with Gasteiger partial charge in [0.15, 0.2) is 0 Å². The van der Waals surface area contributed by atoms with Crippen LogP contribution in [0.4, 0.5) is 8.78 Å². The van der Waals surface area contributed by atoms with Gasteiger partial charge in [-0.2, -0.15) is 0 Å². The van der Waals surface area contributed by atoms with Gasteiger partial charge in [0.25, 0.3) is 0 Å². The van der Waals surface area contributed by atoms with E-state index in [-0.39, 0.29) is 11.6 Å². The molecule has 2 aromatic rings. The SMILES string of the molecule is Fc1ccc(OCCCOc2cc(F)ccc2I)c(I)c1. The Hall–Kier alpha value is -0.640. The maximum Gasteiger partial charge on any atom is 0.135 e. The highest BCUT2D eigenvalue weighted by atomic mass is 127. The van der Waals surface area contributed by atoms with Crippen molar-refractivity contribution in [3.05, 3.63) is 55.2 Å². The van der Waals surface area contributed by atoms with E-state index in [2.05, 4.69) is 22.6 Å². The minimum Gasteiger partial charge on any atom is -0.492 e. The summed E-state index contributed by atoms with van der Waals surface area (Å²) in [5.74, 6) is 0.586. The standard InChI is InChI=1S/C15H12F2I2O2/c16-10-3-5-14(13(19)8-10)20-6-1-7-21-15-9-11(17)2-4-12(15)18/h2-5,8-9H,1,6-7H2. The topological polar surface area (TPSA) is 18.5 Å². The molecule has 0 radical (unpaired) electrons. The molecule has 21 heavy (non-hydrogen) atoms. The van der Waals surface area contributed by atoms with Crippen LogP contribution in [0.1, 0.15) is 6.42 Å². The van der Waals surface area contributed by atoms with E-state index in [1.165, 1.54) is 24.3 Å². The molecule has 0 saturated carbocycles. The van der Waals surface area contributed by atoms with E-state index in [0.717, 1.165) is 7.14 Å². The van der Waals surface area contributed by atoms with Gasteiger partial charge in [-0.05, 0) is 75.5 Å². The van der Waals surface area contributed by atoms with E-state index < -0.39 is 0 Å². The fourth-order valence-electron chi connectivity index (χ4n) is 1.60. The second-order valence-electron chi connectivity index (χ2n) is 4.20. The average molecular weight is 516 g/mol. The van der Waals surface area contributed by atoms with Gasteiger partial charge in [0, 0.05) is 12.5 Å². The summed E-state index contributed by atoms with van der Waals surface area (Å²) in [7, 11) is 0. The Morgan fingerprint density at radius 1 is 0.762 bits per heavy atom. The molecular weight excluding hydrogens is 504 g/mol. The van der Waals surface area contributed by atoms with Crippen LogP contribution in [-0.4, -0.2) is 13.2 Å². The van der Waals surface area contributed by atoms with Crippen molar-refractivity contribution in [1.29, 1.82) is 0 Å². The minimum absolute atomic E-state index is 0.282. The van der Waals surface area contributed by atoms with Crippen molar-refractivity contribution < 1.29 is 18.3 Å². The molecule has 0 aliphatic rings. The minimum atomic E-state index is -0.317. The van der Waals surface area contributed by atoms with Crippen LogP contribution in [0.3, 0.4) is 0 Å². The second kappa shape index (κ2) is 8.11. The third kappa shape index (κ3) is 5.24. The Morgan fingerprint density at radius 2 is 1.38 bits per heavy atom. The zero-order chi connectivity index (χ0) is 15.2. The first-order valence-electron chi connectivity index (χ1n) is 6.22. The van der Waals surface area contributed by atoms with Gasteiger partial charge in [-0.15, -0.1) is 0 Å². The predicted molar refractivity (Wildman–Crippen MR) is 93.8 cm³/mol. The van der Waals surface area contributed by atoms with Crippen molar-refractivity contribution >= 4 is 45.2 Å². The van der Waals surface area contributed by atoms with Crippen LogP contribution in [-0.2, 0) is 0 Å². The van der Waals surface area contributed by atoms with Crippen LogP contribution < -0.4 is 9.47 Å². The number of hydrogen-bond donors (Lipinski definition) is 0. The zero-order valence-electron chi connectivity index (χ0n) is 10.9. The highest BCUT2D eigenvalue weighted by Gasteiger charge is 2.04. The second-order valence-corrected chi connectivity index (χ2v) is 6.52. The third-order valence-corrected chi connectivity index (χ3v) is 4.33. The maximum absolute atomic E-state index is 13.1. The molecule has 0 aromatic heterocycles. The quantitative estimate of drug-likeness (QED) is 0.397. The molecule has 0 N–H and O–H groups in total. The van der Waals surface area contributed by atoms with Crippen LogP contribution >= 0.6 is 45.2 Å². The lowest BCUT2D eigenvalue weighted by atomic mass is 10.3. The van der Waals surface area contributed by atoms with E-state index in [9.17, 15) is 8.78 Å². The van der Waals surface area contributed by atoms with Crippen molar-refractivity contribution in [2.24, 2.45) is 0 Å². The molecule has 0 atom stereocenters. The van der Waals surface area contributed by atoms with Crippen molar-refractivity contribution in [2.75, 3.05) is 13.2 Å². The number of halogens is 4. The number of hydrogen-bond acceptors (Lipinski definition) is 2. The normalized spacial score (nSPS) is 10.5. The van der Waals surface area contributed by atoms with Gasteiger partial charge in [-0.1, -0.05) is 0 Å². The van der Waals surface area contributed by atoms with E-state index >= 15 is 0 Å². The molecule has 0 fully saturated rings. The van der Waals surface area contributed by atoms with Crippen LogP contribution in [0.2, 0.25) is 0 Å². The van der Waals surface area contributed by atoms with Crippen molar-refractivity contribution in [2.45, 2.75) is 6.42 Å². The van der Waals surface area contributed by atoms with Crippen molar-refractivity contribution in [3.63, 3.8) is 0 Å². The Morgan fingerprint density at radius 3 is 2.10 bits per heavy atom. The summed E-state index contributed by atoms with van der Waals surface area (Å²) >= 11 is 4.12. The summed E-state index contributed by atoms with van der Waals surface area (Å²) in [6.07, 6.45) is 0.653. The van der Waals surface area contributed by atoms with Gasteiger partial charge in [-0.3, -0.25) is 0 Å². The average Bonchev–Trinajstić information content (AvgIpc) is 2.44. The smallest absolute Gasteiger partial charge is 0.135 e. The monoisotopic (exact) mass is 516 g/mol. The van der Waals surface area contributed by atoms with Crippen molar-refractivity contribution in [3.8, 4) is 11.5 Å². The fourth-order valence-corrected chi connectivity index (χ4v) is 2.73. The molecule has 6 heteroatoms. The number of benzene rings is 2. The molecule has 2 aromatic carbocycles. The highest BCUT2D eigenvalue weighted by molar-refractivity contribution is 14.1. The molecule has 0 bridgehead atoms. The third-order valence-electron chi connectivity index (χ3n) is 2.59. The Balaban J connectivity index is 1.76. The van der Waals surface area contributed by atoms with Gasteiger partial charge in [0.2, 0.25) is 0 Å². The summed E-state index contributed by atoms with van der Waals surface area (Å²) in [5, 5.41) is 0. The first-order chi connectivity index (χ1) is 10.1. The summed E-state index contributed by atoms with van der Waals surface area (Å²) in [6, 6.07) is 8.82. The van der Waals surface area contributed by atoms with Gasteiger partial charge in [0.05, 0.1) is 20.4 Å². The van der Waals surface area contributed by atoms with Crippen molar-refractivity contribution in [1.82, 2.24) is 0 Å². The summed E-state index contributed by atoms with van der Waals surface area (Å²) in [5.41, 5.74) is 0. The molecule has 0 amide bonds. The highest BCUT2D eigenvalue weighted by Crippen LogP contribution is 2.23. The lowest BCUT2D eigenvalue weighted by molar-refractivity contribution is 0.245. The molecule has 0 heterocycles. The fraction of sp³-hybridized carbons (Fsp3) is 0.200. The Bertz CT molecular complexity index is 621. The summed E-state index contributed by atoms with van der Waals surface area (Å²) < 4.78 is 38.7. The first-order valence-corrected chi connectivity index (χ1v) is 8.38. The molecule has 112 valence electrons.